The third-order valence-electron chi connectivity index (χ3n) is 6.00. The Balaban J connectivity index is 2.06. The van der Waals surface area contributed by atoms with Crippen molar-refractivity contribution in [2.24, 2.45) is 10.9 Å². The minimum Gasteiger partial charge on any atom is -0.396 e. The summed E-state index contributed by atoms with van der Waals surface area (Å²) in [6, 6.07) is 12.7. The lowest BCUT2D eigenvalue weighted by atomic mass is 10.0. The molecule has 0 aliphatic carbocycles. The molecule has 3 rings (SSSR count). The number of nitrogens with zero attached hydrogens (tertiary/aromatic N) is 4. The van der Waals surface area contributed by atoms with Gasteiger partial charge < -0.3 is 14.9 Å². The summed E-state index contributed by atoms with van der Waals surface area (Å²) in [5, 5.41) is 9.40. The minimum absolute atomic E-state index is 0.236. The van der Waals surface area contributed by atoms with Gasteiger partial charge in [0, 0.05) is 64.4 Å². The fourth-order valence-electron chi connectivity index (χ4n) is 4.34. The van der Waals surface area contributed by atoms with Crippen LogP contribution in [0.2, 0.25) is 0 Å². The third kappa shape index (κ3) is 5.99. The maximum Gasteiger partial charge on any atom is 0.137 e. The Morgan fingerprint density at radius 1 is 1.27 bits per heavy atom. The molecule has 1 aromatic heterocycles. The van der Waals surface area contributed by atoms with Gasteiger partial charge in [-0.3, -0.25) is 4.99 Å². The highest BCUT2D eigenvalue weighted by atomic mass is 16.3. The molecule has 174 valence electrons. The molecule has 33 heavy (non-hydrogen) atoms. The Morgan fingerprint density at radius 3 is 2.76 bits per heavy atom. The average molecular weight is 445 g/mol. The number of aliphatic hydroxyl groups is 1. The fraction of sp³-hybridized carbons (Fsp3) is 0.357. The maximum absolute atomic E-state index is 9.40. The molecule has 2 heterocycles. The van der Waals surface area contributed by atoms with Gasteiger partial charge >= 0.3 is 0 Å². The topological polar surface area (TPSA) is 52.0 Å². The van der Waals surface area contributed by atoms with Crippen molar-refractivity contribution < 1.29 is 5.11 Å². The minimum atomic E-state index is 0.236. The van der Waals surface area contributed by atoms with E-state index < -0.39 is 0 Å². The molecule has 0 radical (unpaired) electrons. The molecule has 0 spiro atoms. The number of hydrogen-bond donors (Lipinski definition) is 1. The van der Waals surface area contributed by atoms with Crippen LogP contribution in [0.1, 0.15) is 30.9 Å². The van der Waals surface area contributed by atoms with E-state index in [2.05, 4.69) is 65.1 Å². The van der Waals surface area contributed by atoms with Crippen molar-refractivity contribution in [3.63, 3.8) is 0 Å². The van der Waals surface area contributed by atoms with E-state index >= 15 is 0 Å². The number of hydrogen-bond acceptors (Lipinski definition) is 5. The highest BCUT2D eigenvalue weighted by Crippen LogP contribution is 2.33. The number of pyridine rings is 1. The Bertz CT molecular complexity index is 1050. The Morgan fingerprint density at radius 2 is 2.09 bits per heavy atom. The zero-order valence-corrected chi connectivity index (χ0v) is 20.3. The molecule has 0 amide bonds. The second-order valence-electron chi connectivity index (χ2n) is 8.64. The lowest BCUT2D eigenvalue weighted by Gasteiger charge is -2.22. The number of aromatic nitrogens is 1. The molecular formula is C28H36N4O. The third-order valence-corrected chi connectivity index (χ3v) is 6.00. The summed E-state index contributed by atoms with van der Waals surface area (Å²) < 4.78 is 0. The van der Waals surface area contributed by atoms with Gasteiger partial charge in [-0.15, -0.1) is 0 Å². The van der Waals surface area contributed by atoms with E-state index in [4.69, 9.17) is 4.98 Å². The normalized spacial score (nSPS) is 17.1. The van der Waals surface area contributed by atoms with Crippen LogP contribution in [0, 0.1) is 5.92 Å². The first-order valence-electron chi connectivity index (χ1n) is 11.6. The second-order valence-corrected chi connectivity index (χ2v) is 8.64. The van der Waals surface area contributed by atoms with Crippen molar-refractivity contribution in [1.29, 1.82) is 0 Å². The summed E-state index contributed by atoms with van der Waals surface area (Å²) in [6.07, 6.45) is 9.84. The predicted octanol–water partition coefficient (Wildman–Crippen LogP) is 5.15. The standard InChI is InChI=1S/C28H36N4O/c1-6-22(18-29-3)26-11-12-27(30-28(26)32-15-13-21(19-32)14-16-33)25-10-8-9-24(17-25)23(7-2)20-31(4)5/h6-12,17-18,20-21,33H,2,13-16,19H2,1,3-5H3/b22-6+,23-20+,29-18?. The molecule has 2 aromatic rings. The average Bonchev–Trinajstić information content (AvgIpc) is 3.29. The number of anilines is 1. The highest BCUT2D eigenvalue weighted by molar-refractivity contribution is 6.11. The molecule has 1 unspecified atom stereocenters. The van der Waals surface area contributed by atoms with Gasteiger partial charge in [-0.25, -0.2) is 4.98 Å². The van der Waals surface area contributed by atoms with E-state index in [0.29, 0.717) is 5.92 Å². The van der Waals surface area contributed by atoms with Crippen LogP contribution in [0.25, 0.3) is 22.4 Å². The Kier molecular flexibility index (Phi) is 8.61. The molecule has 1 N–H and O–H groups in total. The zero-order chi connectivity index (χ0) is 23.8. The van der Waals surface area contributed by atoms with Crippen molar-refractivity contribution in [3.8, 4) is 11.3 Å². The quantitative estimate of drug-likeness (QED) is 0.429. The first kappa shape index (κ1) is 24.5. The van der Waals surface area contributed by atoms with Crippen LogP contribution in [-0.2, 0) is 0 Å². The lowest BCUT2D eigenvalue weighted by molar-refractivity contribution is 0.263. The van der Waals surface area contributed by atoms with Gasteiger partial charge in [-0.2, -0.15) is 0 Å². The monoisotopic (exact) mass is 444 g/mol. The number of rotatable bonds is 9. The molecule has 1 aromatic carbocycles. The molecule has 1 aliphatic heterocycles. The van der Waals surface area contributed by atoms with E-state index in [-0.39, 0.29) is 6.61 Å². The van der Waals surface area contributed by atoms with Gasteiger partial charge in [-0.05, 0) is 60.6 Å². The predicted molar refractivity (Wildman–Crippen MR) is 142 cm³/mol. The van der Waals surface area contributed by atoms with Gasteiger partial charge in [0.2, 0.25) is 0 Å². The van der Waals surface area contributed by atoms with Crippen molar-refractivity contribution in [3.05, 3.63) is 72.5 Å². The van der Waals surface area contributed by atoms with Crippen LogP contribution in [0.4, 0.5) is 5.82 Å². The molecule has 0 saturated carbocycles. The molecule has 5 nitrogen and oxygen atoms in total. The maximum atomic E-state index is 9.40. The van der Waals surface area contributed by atoms with Crippen LogP contribution in [0.15, 0.2) is 66.3 Å². The first-order valence-corrected chi connectivity index (χ1v) is 11.6. The van der Waals surface area contributed by atoms with Gasteiger partial charge in [-0.1, -0.05) is 36.9 Å². The van der Waals surface area contributed by atoms with Crippen molar-refractivity contribution >= 4 is 23.2 Å². The number of allylic oxidation sites excluding steroid dienone is 4. The summed E-state index contributed by atoms with van der Waals surface area (Å²) in [5.41, 5.74) is 6.35. The highest BCUT2D eigenvalue weighted by Gasteiger charge is 2.26. The van der Waals surface area contributed by atoms with E-state index in [9.17, 15) is 5.11 Å². The van der Waals surface area contributed by atoms with E-state index in [1.807, 2.05) is 38.2 Å². The molecule has 1 saturated heterocycles. The smallest absolute Gasteiger partial charge is 0.137 e. The zero-order valence-electron chi connectivity index (χ0n) is 20.3. The molecule has 1 atom stereocenters. The molecular weight excluding hydrogens is 408 g/mol. The summed E-state index contributed by atoms with van der Waals surface area (Å²) in [6.45, 7) is 8.11. The van der Waals surface area contributed by atoms with E-state index in [1.54, 1.807) is 7.05 Å². The first-order chi connectivity index (χ1) is 16.0. The van der Waals surface area contributed by atoms with Crippen molar-refractivity contribution in [2.75, 3.05) is 45.7 Å². The summed E-state index contributed by atoms with van der Waals surface area (Å²) in [4.78, 5) is 13.8. The van der Waals surface area contributed by atoms with Crippen LogP contribution >= 0.6 is 0 Å². The van der Waals surface area contributed by atoms with Crippen LogP contribution in [-0.4, -0.2) is 62.0 Å². The van der Waals surface area contributed by atoms with E-state index in [1.165, 1.54) is 0 Å². The molecule has 1 fully saturated rings. The van der Waals surface area contributed by atoms with Gasteiger partial charge in [0.1, 0.15) is 5.82 Å². The number of aliphatic hydroxyl groups excluding tert-OH is 1. The van der Waals surface area contributed by atoms with Gasteiger partial charge in [0.25, 0.3) is 0 Å². The largest absolute Gasteiger partial charge is 0.396 e. The van der Waals surface area contributed by atoms with Crippen LogP contribution < -0.4 is 4.90 Å². The number of benzene rings is 1. The van der Waals surface area contributed by atoms with E-state index in [0.717, 1.165) is 65.3 Å². The number of aliphatic imine (C=N–C) groups is 1. The SMILES string of the molecule is C=C/C(=C\N(C)C)c1cccc(-c2ccc(/C(C=NC)=C/C)c(N3CCC(CCO)C3)n2)c1. The fourth-order valence-corrected chi connectivity index (χ4v) is 4.34. The van der Waals surface area contributed by atoms with Gasteiger partial charge in [0.05, 0.1) is 5.69 Å². The lowest BCUT2D eigenvalue weighted by Crippen LogP contribution is -2.23. The summed E-state index contributed by atoms with van der Waals surface area (Å²) in [5.74, 6) is 1.48. The molecule has 0 bridgehead atoms. The Labute approximate surface area is 198 Å². The molecule has 1 aliphatic rings. The van der Waals surface area contributed by atoms with Crippen molar-refractivity contribution in [1.82, 2.24) is 9.88 Å². The van der Waals surface area contributed by atoms with Crippen molar-refractivity contribution in [2.45, 2.75) is 19.8 Å². The summed E-state index contributed by atoms with van der Waals surface area (Å²) in [7, 11) is 5.82. The molecule has 5 heteroatoms. The van der Waals surface area contributed by atoms with Gasteiger partial charge in [0.15, 0.2) is 0 Å². The second kappa shape index (κ2) is 11.6. The summed E-state index contributed by atoms with van der Waals surface area (Å²) >= 11 is 0. The van der Waals surface area contributed by atoms with Crippen LogP contribution in [0.5, 0.6) is 0 Å². The Hall–Kier alpha value is -3.18. The van der Waals surface area contributed by atoms with Crippen LogP contribution in [0.3, 0.4) is 0 Å².